The molecule has 3 rings (SSSR count). The average Bonchev–Trinajstić information content (AvgIpc) is 2.72. The number of pyridine rings is 1. The monoisotopic (exact) mass is 357 g/mol. The molecule has 0 unspecified atom stereocenters. The molecule has 1 aromatic heterocycles. The van der Waals surface area contributed by atoms with Gasteiger partial charge in [0.2, 0.25) is 5.75 Å². The van der Waals surface area contributed by atoms with E-state index in [-0.39, 0.29) is 5.91 Å². The molecule has 2 aromatic rings. The zero-order chi connectivity index (χ0) is 18.5. The Morgan fingerprint density at radius 2 is 1.65 bits per heavy atom. The van der Waals surface area contributed by atoms with Gasteiger partial charge in [0.1, 0.15) is 0 Å². The third-order valence-electron chi connectivity index (χ3n) is 4.49. The first-order chi connectivity index (χ1) is 12.7. The first-order valence-corrected chi connectivity index (χ1v) is 8.42. The van der Waals surface area contributed by atoms with Crippen molar-refractivity contribution in [2.45, 2.75) is 0 Å². The van der Waals surface area contributed by atoms with Gasteiger partial charge in [-0.2, -0.15) is 0 Å². The van der Waals surface area contributed by atoms with E-state index in [2.05, 4.69) is 9.88 Å². The Morgan fingerprint density at radius 3 is 2.15 bits per heavy atom. The summed E-state index contributed by atoms with van der Waals surface area (Å²) in [4.78, 5) is 20.6. The van der Waals surface area contributed by atoms with Crippen molar-refractivity contribution in [1.29, 1.82) is 0 Å². The highest BCUT2D eigenvalue weighted by Gasteiger charge is 2.24. The molecule has 1 aliphatic rings. The largest absolute Gasteiger partial charge is 0.493 e. The number of methoxy groups -OCH3 is 3. The van der Waals surface area contributed by atoms with E-state index in [0.717, 1.165) is 18.8 Å². The normalized spacial score (nSPS) is 14.1. The van der Waals surface area contributed by atoms with Crippen molar-refractivity contribution >= 4 is 11.6 Å². The summed E-state index contributed by atoms with van der Waals surface area (Å²) in [6, 6.07) is 7.43. The molecular weight excluding hydrogens is 334 g/mol. The summed E-state index contributed by atoms with van der Waals surface area (Å²) in [6.45, 7) is 2.74. The van der Waals surface area contributed by atoms with Crippen LogP contribution in [0.15, 0.2) is 36.7 Å². The summed E-state index contributed by atoms with van der Waals surface area (Å²) in [5.41, 5.74) is 1.60. The van der Waals surface area contributed by atoms with Gasteiger partial charge >= 0.3 is 0 Å². The fourth-order valence-corrected chi connectivity index (χ4v) is 3.09. The predicted molar refractivity (Wildman–Crippen MR) is 98.5 cm³/mol. The van der Waals surface area contributed by atoms with E-state index in [1.54, 1.807) is 45.9 Å². The summed E-state index contributed by atoms with van der Waals surface area (Å²) in [7, 11) is 4.79. The Kier molecular flexibility index (Phi) is 5.46. The highest BCUT2D eigenvalue weighted by Crippen LogP contribution is 2.41. The van der Waals surface area contributed by atoms with Gasteiger partial charge in [-0.3, -0.25) is 9.78 Å². The lowest BCUT2D eigenvalue weighted by Gasteiger charge is -2.36. The maximum atomic E-state index is 12.5. The molecular formula is C19H23N3O4. The summed E-state index contributed by atoms with van der Waals surface area (Å²) in [5.74, 6) is 1.83. The fourth-order valence-electron chi connectivity index (χ4n) is 3.09. The lowest BCUT2D eigenvalue weighted by molar-refractivity contribution is 0.0746. The molecule has 1 amide bonds. The van der Waals surface area contributed by atoms with Crippen LogP contribution in [0.3, 0.4) is 0 Å². The maximum absolute atomic E-state index is 12.5. The lowest BCUT2D eigenvalue weighted by Crippen LogP contribution is -2.48. The number of carbonyl (C=O) groups excluding carboxylic acids is 1. The number of hydrogen-bond acceptors (Lipinski definition) is 6. The van der Waals surface area contributed by atoms with E-state index < -0.39 is 0 Å². The molecule has 1 aromatic carbocycles. The molecule has 0 bridgehead atoms. The highest BCUT2D eigenvalue weighted by atomic mass is 16.5. The Morgan fingerprint density at radius 1 is 1.00 bits per heavy atom. The van der Waals surface area contributed by atoms with Gasteiger partial charge in [-0.05, 0) is 12.1 Å². The van der Waals surface area contributed by atoms with Gasteiger partial charge in [0.25, 0.3) is 5.91 Å². The third-order valence-corrected chi connectivity index (χ3v) is 4.49. The molecule has 26 heavy (non-hydrogen) atoms. The number of amides is 1. The van der Waals surface area contributed by atoms with Gasteiger partial charge < -0.3 is 24.0 Å². The number of hydrogen-bond donors (Lipinski definition) is 0. The first kappa shape index (κ1) is 17.8. The smallest absolute Gasteiger partial charge is 0.255 e. The zero-order valence-electron chi connectivity index (χ0n) is 15.3. The van der Waals surface area contributed by atoms with Crippen molar-refractivity contribution in [3.63, 3.8) is 0 Å². The topological polar surface area (TPSA) is 64.1 Å². The summed E-state index contributed by atoms with van der Waals surface area (Å²) >= 11 is 0. The van der Waals surface area contributed by atoms with E-state index in [4.69, 9.17) is 14.2 Å². The van der Waals surface area contributed by atoms with Gasteiger partial charge in [0, 0.05) is 56.4 Å². The molecule has 0 atom stereocenters. The Balaban J connectivity index is 1.73. The van der Waals surface area contributed by atoms with Crippen molar-refractivity contribution in [1.82, 2.24) is 9.88 Å². The molecule has 0 N–H and O–H groups in total. The molecule has 1 aliphatic heterocycles. The molecule has 0 spiro atoms. The number of aromatic nitrogens is 1. The van der Waals surface area contributed by atoms with E-state index >= 15 is 0 Å². The quantitative estimate of drug-likeness (QED) is 0.816. The first-order valence-electron chi connectivity index (χ1n) is 8.42. The second-order valence-electron chi connectivity index (χ2n) is 5.90. The summed E-state index contributed by atoms with van der Waals surface area (Å²) in [5, 5.41) is 0. The average molecular weight is 357 g/mol. The number of piperazine rings is 1. The second-order valence-corrected chi connectivity index (χ2v) is 5.90. The van der Waals surface area contributed by atoms with Gasteiger partial charge in [-0.1, -0.05) is 0 Å². The van der Waals surface area contributed by atoms with Crippen LogP contribution in [0.25, 0.3) is 0 Å². The Bertz CT molecular complexity index is 734. The number of rotatable bonds is 5. The summed E-state index contributed by atoms with van der Waals surface area (Å²) in [6.07, 6.45) is 3.27. The van der Waals surface area contributed by atoms with Crippen LogP contribution < -0.4 is 19.1 Å². The molecule has 2 heterocycles. The van der Waals surface area contributed by atoms with Crippen LogP contribution in [-0.4, -0.2) is 63.3 Å². The molecule has 7 heteroatoms. The van der Waals surface area contributed by atoms with Crippen LogP contribution in [0.2, 0.25) is 0 Å². The van der Waals surface area contributed by atoms with Gasteiger partial charge in [0.15, 0.2) is 11.5 Å². The van der Waals surface area contributed by atoms with Crippen LogP contribution in [-0.2, 0) is 0 Å². The van der Waals surface area contributed by atoms with E-state index in [0.29, 0.717) is 35.9 Å². The van der Waals surface area contributed by atoms with E-state index in [1.807, 2.05) is 17.0 Å². The Hall–Kier alpha value is -2.96. The molecule has 0 aliphatic carbocycles. The summed E-state index contributed by atoms with van der Waals surface area (Å²) < 4.78 is 16.2. The number of benzene rings is 1. The molecule has 0 radical (unpaired) electrons. The molecule has 7 nitrogen and oxygen atoms in total. The second kappa shape index (κ2) is 7.95. The standard InChI is InChI=1S/C19H23N3O4/c1-24-16-11-15(12-17(25-2)18(16)26-3)21-7-9-22(10-8-21)19(23)14-5-4-6-20-13-14/h4-6,11-13H,7-10H2,1-3H3. The molecule has 1 fully saturated rings. The van der Waals surface area contributed by atoms with Crippen molar-refractivity contribution in [2.24, 2.45) is 0 Å². The maximum Gasteiger partial charge on any atom is 0.255 e. The van der Waals surface area contributed by atoms with Gasteiger partial charge in [0.05, 0.1) is 26.9 Å². The number of nitrogens with zero attached hydrogens (tertiary/aromatic N) is 3. The van der Waals surface area contributed by atoms with Crippen LogP contribution in [0.4, 0.5) is 5.69 Å². The fraction of sp³-hybridized carbons (Fsp3) is 0.368. The van der Waals surface area contributed by atoms with Crippen LogP contribution in [0.1, 0.15) is 10.4 Å². The molecule has 0 saturated carbocycles. The highest BCUT2D eigenvalue weighted by molar-refractivity contribution is 5.94. The van der Waals surface area contributed by atoms with Crippen LogP contribution in [0, 0.1) is 0 Å². The predicted octanol–water partition coefficient (Wildman–Crippen LogP) is 2.07. The van der Waals surface area contributed by atoms with Crippen molar-refractivity contribution in [3.8, 4) is 17.2 Å². The SMILES string of the molecule is COc1cc(N2CCN(C(=O)c3cccnc3)CC2)cc(OC)c1OC. The third kappa shape index (κ3) is 3.51. The van der Waals surface area contributed by atoms with Crippen LogP contribution >= 0.6 is 0 Å². The Labute approximate surface area is 153 Å². The van der Waals surface area contributed by atoms with Crippen molar-refractivity contribution in [2.75, 3.05) is 52.4 Å². The molecule has 1 saturated heterocycles. The van der Waals surface area contributed by atoms with Gasteiger partial charge in [-0.15, -0.1) is 0 Å². The lowest BCUT2D eigenvalue weighted by atomic mass is 10.2. The van der Waals surface area contributed by atoms with Crippen LogP contribution in [0.5, 0.6) is 17.2 Å². The minimum absolute atomic E-state index is 0.0163. The van der Waals surface area contributed by atoms with E-state index in [1.165, 1.54) is 0 Å². The number of anilines is 1. The van der Waals surface area contributed by atoms with Crippen molar-refractivity contribution < 1.29 is 19.0 Å². The minimum Gasteiger partial charge on any atom is -0.493 e. The van der Waals surface area contributed by atoms with E-state index in [9.17, 15) is 4.79 Å². The minimum atomic E-state index is 0.0163. The zero-order valence-corrected chi connectivity index (χ0v) is 15.3. The van der Waals surface area contributed by atoms with Crippen molar-refractivity contribution in [3.05, 3.63) is 42.2 Å². The van der Waals surface area contributed by atoms with Gasteiger partial charge in [-0.25, -0.2) is 0 Å². The molecule has 138 valence electrons. The number of ether oxygens (including phenoxy) is 3. The number of carbonyl (C=O) groups is 1.